The Balaban J connectivity index is 2.72. The predicted octanol–water partition coefficient (Wildman–Crippen LogP) is 1.18. The zero-order chi connectivity index (χ0) is 10.3. The Bertz CT molecular complexity index is 479. The molecule has 2 nitrogen and oxygen atoms in total. The molecule has 1 aromatic heterocycles. The van der Waals surface area contributed by atoms with Crippen LogP contribution < -0.4 is 5.46 Å². The van der Waals surface area contributed by atoms with Gasteiger partial charge in [0.2, 0.25) is 0 Å². The molecule has 2 aromatic rings. The van der Waals surface area contributed by atoms with Crippen LogP contribution in [0.5, 0.6) is 0 Å². The van der Waals surface area contributed by atoms with Gasteiger partial charge in [-0.25, -0.2) is 0 Å². The van der Waals surface area contributed by atoms with E-state index in [-0.39, 0.29) is 0 Å². The molecule has 1 heterocycles. The summed E-state index contributed by atoms with van der Waals surface area (Å²) in [6, 6.07) is 3.65. The second-order valence-electron chi connectivity index (χ2n) is 3.20. The van der Waals surface area contributed by atoms with Crippen molar-refractivity contribution in [1.29, 1.82) is 0 Å². The standard InChI is InChI=1S/C9H9BO2S2/c1-5-4-14-9-3-7(10(11)12)8(13)2-6(5)9/h2-4,11-13H,1H3. The average Bonchev–Trinajstić information content (AvgIpc) is 2.46. The average molecular weight is 224 g/mol. The van der Waals surface area contributed by atoms with Gasteiger partial charge in [0.1, 0.15) is 0 Å². The molecule has 14 heavy (non-hydrogen) atoms. The molecule has 0 fully saturated rings. The number of thiol groups is 1. The monoisotopic (exact) mass is 224 g/mol. The fourth-order valence-electron chi connectivity index (χ4n) is 1.41. The Labute approximate surface area is 91.8 Å². The van der Waals surface area contributed by atoms with Crippen molar-refractivity contribution in [2.75, 3.05) is 0 Å². The molecule has 0 aliphatic rings. The first-order valence-corrected chi connectivity index (χ1v) is 5.49. The summed E-state index contributed by atoms with van der Waals surface area (Å²) in [5, 5.41) is 21.3. The number of hydrogen-bond donors (Lipinski definition) is 3. The summed E-state index contributed by atoms with van der Waals surface area (Å²) in [4.78, 5) is 0.619. The van der Waals surface area contributed by atoms with Gasteiger partial charge in [0.15, 0.2) is 0 Å². The van der Waals surface area contributed by atoms with Crippen LogP contribution >= 0.6 is 24.0 Å². The number of rotatable bonds is 1. The second kappa shape index (κ2) is 3.58. The molecule has 2 rings (SSSR count). The van der Waals surface area contributed by atoms with Crippen molar-refractivity contribution < 1.29 is 10.0 Å². The van der Waals surface area contributed by atoms with Crippen molar-refractivity contribution in [3.63, 3.8) is 0 Å². The summed E-state index contributed by atoms with van der Waals surface area (Å²) >= 11 is 5.82. The minimum atomic E-state index is -1.45. The third-order valence-electron chi connectivity index (χ3n) is 2.19. The summed E-state index contributed by atoms with van der Waals surface area (Å²) in [6.07, 6.45) is 0. The fourth-order valence-corrected chi connectivity index (χ4v) is 2.69. The van der Waals surface area contributed by atoms with Crippen molar-refractivity contribution in [2.24, 2.45) is 0 Å². The van der Waals surface area contributed by atoms with E-state index in [1.807, 2.05) is 18.4 Å². The summed E-state index contributed by atoms with van der Waals surface area (Å²) in [7, 11) is -1.45. The quantitative estimate of drug-likeness (QED) is 0.502. The lowest BCUT2D eigenvalue weighted by Crippen LogP contribution is -2.30. The normalized spacial score (nSPS) is 10.9. The molecular weight excluding hydrogens is 215 g/mol. The number of benzene rings is 1. The molecule has 0 amide bonds. The molecule has 72 valence electrons. The first kappa shape index (κ1) is 10.0. The van der Waals surface area contributed by atoms with Crippen LogP contribution in [0.15, 0.2) is 22.4 Å². The van der Waals surface area contributed by atoms with Gasteiger partial charge in [-0.3, -0.25) is 0 Å². The number of fused-ring (bicyclic) bond motifs is 1. The molecule has 1 aromatic carbocycles. The summed E-state index contributed by atoms with van der Waals surface area (Å²) in [6.45, 7) is 2.03. The number of thiophene rings is 1. The molecule has 2 N–H and O–H groups in total. The molecule has 0 aliphatic heterocycles. The van der Waals surface area contributed by atoms with Gasteiger partial charge >= 0.3 is 7.12 Å². The van der Waals surface area contributed by atoms with Crippen LogP contribution in [0, 0.1) is 6.92 Å². The zero-order valence-corrected chi connectivity index (χ0v) is 9.27. The lowest BCUT2D eigenvalue weighted by atomic mass is 9.80. The molecule has 0 atom stereocenters. The summed E-state index contributed by atoms with van der Waals surface area (Å²) < 4.78 is 1.06. The van der Waals surface area contributed by atoms with Gasteiger partial charge in [-0.1, -0.05) is 0 Å². The molecular formula is C9H9BO2S2. The molecule has 0 unspecified atom stereocenters. The van der Waals surface area contributed by atoms with E-state index in [0.717, 1.165) is 10.1 Å². The molecule has 0 saturated heterocycles. The first-order valence-electron chi connectivity index (χ1n) is 4.16. The van der Waals surface area contributed by atoms with Gasteiger partial charge in [0, 0.05) is 9.60 Å². The van der Waals surface area contributed by atoms with Gasteiger partial charge in [-0.15, -0.1) is 24.0 Å². The molecule has 5 heteroatoms. The minimum Gasteiger partial charge on any atom is -0.423 e. The minimum absolute atomic E-state index is 0.461. The third kappa shape index (κ3) is 1.57. The van der Waals surface area contributed by atoms with Crippen LogP contribution in [0.4, 0.5) is 0 Å². The van der Waals surface area contributed by atoms with Gasteiger partial charge in [0.05, 0.1) is 0 Å². The van der Waals surface area contributed by atoms with E-state index < -0.39 is 7.12 Å². The molecule has 0 bridgehead atoms. The highest BCUT2D eigenvalue weighted by Crippen LogP contribution is 2.26. The topological polar surface area (TPSA) is 40.5 Å². The maximum absolute atomic E-state index is 9.08. The van der Waals surface area contributed by atoms with Crippen LogP contribution in [0.2, 0.25) is 0 Å². The Kier molecular flexibility index (Phi) is 2.57. The number of hydrogen-bond acceptors (Lipinski definition) is 4. The van der Waals surface area contributed by atoms with E-state index in [2.05, 4.69) is 12.6 Å². The van der Waals surface area contributed by atoms with Crippen molar-refractivity contribution in [2.45, 2.75) is 11.8 Å². The Morgan fingerprint density at radius 3 is 2.71 bits per heavy atom. The Morgan fingerprint density at radius 1 is 1.36 bits per heavy atom. The van der Waals surface area contributed by atoms with Gasteiger partial charge in [-0.2, -0.15) is 0 Å². The van der Waals surface area contributed by atoms with Gasteiger partial charge in [0.25, 0.3) is 0 Å². The van der Waals surface area contributed by atoms with Crippen molar-refractivity contribution in [3.05, 3.63) is 23.1 Å². The maximum Gasteiger partial charge on any atom is 0.489 e. The van der Waals surface area contributed by atoms with E-state index in [1.54, 1.807) is 17.4 Å². The smallest absolute Gasteiger partial charge is 0.423 e. The Hall–Kier alpha value is -0.485. The summed E-state index contributed by atoms with van der Waals surface area (Å²) in [5.74, 6) is 0. The van der Waals surface area contributed by atoms with Gasteiger partial charge < -0.3 is 10.0 Å². The zero-order valence-electron chi connectivity index (χ0n) is 7.56. The highest BCUT2D eigenvalue weighted by atomic mass is 32.1. The van der Waals surface area contributed by atoms with Crippen LogP contribution in [-0.4, -0.2) is 17.2 Å². The van der Waals surface area contributed by atoms with E-state index >= 15 is 0 Å². The molecule has 0 spiro atoms. The largest absolute Gasteiger partial charge is 0.489 e. The lowest BCUT2D eigenvalue weighted by Gasteiger charge is -2.04. The summed E-state index contributed by atoms with van der Waals surface area (Å²) in [5.41, 5.74) is 1.65. The molecule has 0 aliphatic carbocycles. The highest BCUT2D eigenvalue weighted by Gasteiger charge is 2.16. The van der Waals surface area contributed by atoms with E-state index in [9.17, 15) is 0 Å². The van der Waals surface area contributed by atoms with Crippen LogP contribution in [0.25, 0.3) is 10.1 Å². The van der Waals surface area contributed by atoms with Crippen LogP contribution in [0.3, 0.4) is 0 Å². The van der Waals surface area contributed by atoms with Crippen LogP contribution in [-0.2, 0) is 0 Å². The van der Waals surface area contributed by atoms with E-state index in [4.69, 9.17) is 10.0 Å². The lowest BCUT2D eigenvalue weighted by molar-refractivity contribution is 0.425. The first-order chi connectivity index (χ1) is 6.59. The SMILES string of the molecule is Cc1csc2cc(B(O)O)c(S)cc12. The van der Waals surface area contributed by atoms with E-state index in [1.165, 1.54) is 5.56 Å². The molecule has 0 saturated carbocycles. The van der Waals surface area contributed by atoms with Crippen molar-refractivity contribution in [1.82, 2.24) is 0 Å². The predicted molar refractivity (Wildman–Crippen MR) is 63.6 cm³/mol. The third-order valence-corrected chi connectivity index (χ3v) is 3.64. The Morgan fingerprint density at radius 2 is 2.07 bits per heavy atom. The second-order valence-corrected chi connectivity index (χ2v) is 4.59. The van der Waals surface area contributed by atoms with Gasteiger partial charge in [-0.05, 0) is 40.8 Å². The van der Waals surface area contributed by atoms with Crippen molar-refractivity contribution >= 4 is 46.6 Å². The molecule has 0 radical (unpaired) electrons. The highest BCUT2D eigenvalue weighted by molar-refractivity contribution is 7.80. The maximum atomic E-state index is 9.08. The van der Waals surface area contributed by atoms with E-state index in [0.29, 0.717) is 10.4 Å². The van der Waals surface area contributed by atoms with Crippen molar-refractivity contribution in [3.8, 4) is 0 Å². The fraction of sp³-hybridized carbons (Fsp3) is 0.111. The van der Waals surface area contributed by atoms with Crippen LogP contribution in [0.1, 0.15) is 5.56 Å². The number of aryl methyl sites for hydroxylation is 1.